The lowest BCUT2D eigenvalue weighted by molar-refractivity contribution is 0.445. The van der Waals surface area contributed by atoms with Crippen LogP contribution in [-0.2, 0) is 16.6 Å². The lowest BCUT2D eigenvalue weighted by Crippen LogP contribution is -2.30. The van der Waals surface area contributed by atoms with Crippen molar-refractivity contribution in [1.29, 1.82) is 0 Å². The van der Waals surface area contributed by atoms with E-state index in [9.17, 15) is 12.8 Å². The molecule has 0 heterocycles. The molecule has 0 radical (unpaired) electrons. The average molecular weight is 443 g/mol. The van der Waals surface area contributed by atoms with E-state index in [2.05, 4.69) is 21.2 Å². The summed E-state index contributed by atoms with van der Waals surface area (Å²) in [6.45, 7) is 6.88. The van der Waals surface area contributed by atoms with E-state index >= 15 is 0 Å². The van der Waals surface area contributed by atoms with Crippen molar-refractivity contribution in [2.75, 3.05) is 13.1 Å². The number of hydrogen-bond acceptors (Lipinski definition) is 3. The summed E-state index contributed by atoms with van der Waals surface area (Å²) < 4.78 is 41.1. The van der Waals surface area contributed by atoms with E-state index in [4.69, 9.17) is 0 Å². The van der Waals surface area contributed by atoms with Crippen molar-refractivity contribution in [2.24, 2.45) is 0 Å². The van der Waals surface area contributed by atoms with Gasteiger partial charge in [-0.25, -0.2) is 12.8 Å². The molecule has 1 unspecified atom stereocenters. The zero-order valence-corrected chi connectivity index (χ0v) is 17.6. The first-order chi connectivity index (χ1) is 12.3. The van der Waals surface area contributed by atoms with Gasteiger partial charge in [-0.1, -0.05) is 48.0 Å². The number of nitrogens with zero attached hydrogens (tertiary/aromatic N) is 1. The van der Waals surface area contributed by atoms with Gasteiger partial charge in [0.05, 0.1) is 4.90 Å². The van der Waals surface area contributed by atoms with Crippen molar-refractivity contribution in [2.45, 2.75) is 38.3 Å². The predicted octanol–water partition coefficient (Wildman–Crippen LogP) is 4.47. The lowest BCUT2D eigenvalue weighted by atomic mass is 10.1. The predicted molar refractivity (Wildman–Crippen MR) is 106 cm³/mol. The average Bonchev–Trinajstić information content (AvgIpc) is 2.61. The van der Waals surface area contributed by atoms with Gasteiger partial charge in [-0.2, -0.15) is 4.31 Å². The molecular formula is C19H24BrFN2O2S. The van der Waals surface area contributed by atoms with E-state index < -0.39 is 10.0 Å². The molecule has 0 fully saturated rings. The molecule has 0 saturated heterocycles. The van der Waals surface area contributed by atoms with Crippen LogP contribution in [0.1, 0.15) is 37.9 Å². The summed E-state index contributed by atoms with van der Waals surface area (Å²) in [5.41, 5.74) is 1.53. The molecule has 26 heavy (non-hydrogen) atoms. The van der Waals surface area contributed by atoms with Gasteiger partial charge in [0.1, 0.15) is 5.82 Å². The highest BCUT2D eigenvalue weighted by atomic mass is 79.9. The Kier molecular flexibility index (Phi) is 7.34. The van der Waals surface area contributed by atoms with Gasteiger partial charge >= 0.3 is 0 Å². The largest absolute Gasteiger partial charge is 0.306 e. The highest BCUT2D eigenvalue weighted by molar-refractivity contribution is 9.10. The number of benzene rings is 2. The van der Waals surface area contributed by atoms with Crippen LogP contribution in [0, 0.1) is 5.82 Å². The minimum Gasteiger partial charge on any atom is -0.306 e. The van der Waals surface area contributed by atoms with Gasteiger partial charge in [0.25, 0.3) is 0 Å². The van der Waals surface area contributed by atoms with E-state index in [0.29, 0.717) is 29.7 Å². The first kappa shape index (κ1) is 21.0. The molecule has 1 N–H and O–H groups in total. The third-order valence-corrected chi connectivity index (χ3v) is 6.89. The zero-order valence-electron chi connectivity index (χ0n) is 15.2. The molecule has 0 aliphatic rings. The molecule has 0 amide bonds. The second-order valence-corrected chi connectivity index (χ2v) is 8.85. The smallest absolute Gasteiger partial charge is 0.243 e. The second-order valence-electron chi connectivity index (χ2n) is 6.00. The summed E-state index contributed by atoms with van der Waals surface area (Å²) in [4.78, 5) is 0.288. The summed E-state index contributed by atoms with van der Waals surface area (Å²) in [6, 6.07) is 11.8. The monoisotopic (exact) mass is 442 g/mol. The van der Waals surface area contributed by atoms with Crippen LogP contribution in [0.15, 0.2) is 51.8 Å². The topological polar surface area (TPSA) is 49.4 Å². The fraction of sp³-hybridized carbons (Fsp3) is 0.368. The molecule has 7 heteroatoms. The molecule has 0 aliphatic heterocycles. The molecule has 4 nitrogen and oxygen atoms in total. The van der Waals surface area contributed by atoms with Crippen LogP contribution in [0.25, 0.3) is 0 Å². The summed E-state index contributed by atoms with van der Waals surface area (Å²) >= 11 is 3.24. The maximum Gasteiger partial charge on any atom is 0.243 e. The fourth-order valence-corrected chi connectivity index (χ4v) is 4.48. The van der Waals surface area contributed by atoms with Crippen molar-refractivity contribution >= 4 is 26.0 Å². The molecule has 0 bridgehead atoms. The lowest BCUT2D eigenvalue weighted by Gasteiger charge is -2.19. The normalized spacial score (nSPS) is 13.2. The minimum atomic E-state index is -3.45. The maximum absolute atomic E-state index is 13.9. The fourth-order valence-electron chi connectivity index (χ4n) is 2.69. The van der Waals surface area contributed by atoms with Crippen LogP contribution in [0.2, 0.25) is 0 Å². The molecule has 0 spiro atoms. The maximum atomic E-state index is 13.9. The molecule has 2 aromatic carbocycles. The Hall–Kier alpha value is -1.28. The van der Waals surface area contributed by atoms with Crippen molar-refractivity contribution in [3.8, 4) is 0 Å². The first-order valence-electron chi connectivity index (χ1n) is 8.57. The van der Waals surface area contributed by atoms with Crippen molar-refractivity contribution in [1.82, 2.24) is 9.62 Å². The number of sulfonamides is 1. The summed E-state index contributed by atoms with van der Waals surface area (Å²) in [6.07, 6.45) is 0. The van der Waals surface area contributed by atoms with Crippen LogP contribution in [-0.4, -0.2) is 25.8 Å². The zero-order chi connectivity index (χ0) is 19.3. The molecule has 2 aromatic rings. The van der Waals surface area contributed by atoms with Crippen LogP contribution in [0.4, 0.5) is 4.39 Å². The van der Waals surface area contributed by atoms with Crippen LogP contribution >= 0.6 is 15.9 Å². The highest BCUT2D eigenvalue weighted by Crippen LogP contribution is 2.20. The molecule has 0 aromatic heterocycles. The molecule has 142 valence electrons. The van der Waals surface area contributed by atoms with E-state index in [-0.39, 0.29) is 16.8 Å². The van der Waals surface area contributed by atoms with E-state index in [1.165, 1.54) is 10.4 Å². The van der Waals surface area contributed by atoms with Gasteiger partial charge in [0.2, 0.25) is 10.0 Å². The Morgan fingerprint density at radius 2 is 1.73 bits per heavy atom. The quantitative estimate of drug-likeness (QED) is 0.655. The number of rotatable bonds is 8. The van der Waals surface area contributed by atoms with Gasteiger partial charge in [-0.3, -0.25) is 0 Å². The van der Waals surface area contributed by atoms with Crippen molar-refractivity contribution in [3.63, 3.8) is 0 Å². The van der Waals surface area contributed by atoms with Gasteiger partial charge < -0.3 is 5.32 Å². The summed E-state index contributed by atoms with van der Waals surface area (Å²) in [5, 5.41) is 3.26. The molecule has 1 atom stereocenters. The molecule has 0 aliphatic carbocycles. The van der Waals surface area contributed by atoms with E-state index in [0.717, 1.165) is 5.56 Å². The summed E-state index contributed by atoms with van der Waals surface area (Å²) in [5.74, 6) is -0.264. The number of hydrogen-bond donors (Lipinski definition) is 1. The van der Waals surface area contributed by atoms with Crippen LogP contribution < -0.4 is 5.32 Å². The number of halogens is 2. The third kappa shape index (κ3) is 4.91. The molecule has 0 saturated carbocycles. The van der Waals surface area contributed by atoms with Gasteiger partial charge in [0.15, 0.2) is 0 Å². The van der Waals surface area contributed by atoms with E-state index in [1.54, 1.807) is 36.4 Å². The van der Waals surface area contributed by atoms with Crippen LogP contribution in [0.5, 0.6) is 0 Å². The van der Waals surface area contributed by atoms with Crippen molar-refractivity contribution < 1.29 is 12.8 Å². The van der Waals surface area contributed by atoms with Gasteiger partial charge in [0, 0.05) is 35.7 Å². The highest BCUT2D eigenvalue weighted by Gasteiger charge is 2.21. The Bertz CT molecular complexity index is 837. The van der Waals surface area contributed by atoms with E-state index in [1.807, 2.05) is 20.8 Å². The Balaban J connectivity index is 2.07. The minimum absolute atomic E-state index is 0.0387. The Labute approximate surface area is 163 Å². The molecular weight excluding hydrogens is 419 g/mol. The standard InChI is InChI=1S/C19H24BrFN2O2S/c1-4-23(5-2)26(24,25)18-10-7-15(8-11-18)14(3)22-13-16-6-9-17(20)12-19(16)21/h6-12,14,22H,4-5,13H2,1-3H3. The van der Waals surface area contributed by atoms with Gasteiger partial charge in [-0.15, -0.1) is 0 Å². The second kappa shape index (κ2) is 9.08. The number of nitrogens with one attached hydrogen (secondary N) is 1. The Morgan fingerprint density at radius 3 is 2.27 bits per heavy atom. The SMILES string of the molecule is CCN(CC)S(=O)(=O)c1ccc(C(C)NCc2ccc(Br)cc2F)cc1. The Morgan fingerprint density at radius 1 is 1.12 bits per heavy atom. The molecule has 2 rings (SSSR count). The third-order valence-electron chi connectivity index (χ3n) is 4.34. The van der Waals surface area contributed by atoms with Crippen molar-refractivity contribution in [3.05, 3.63) is 63.9 Å². The first-order valence-corrected chi connectivity index (χ1v) is 10.8. The van der Waals surface area contributed by atoms with Crippen LogP contribution in [0.3, 0.4) is 0 Å². The summed E-state index contributed by atoms with van der Waals surface area (Å²) in [7, 11) is -3.45. The van der Waals surface area contributed by atoms with Gasteiger partial charge in [-0.05, 0) is 36.8 Å².